The molecule has 19 heavy (non-hydrogen) atoms. The lowest BCUT2D eigenvalue weighted by Gasteiger charge is -2.17. The highest BCUT2D eigenvalue weighted by atomic mass is 32.2. The van der Waals surface area contributed by atoms with Crippen molar-refractivity contribution in [3.63, 3.8) is 0 Å². The van der Waals surface area contributed by atoms with Crippen LogP contribution in [0.4, 0.5) is 0 Å². The molecule has 0 unspecified atom stereocenters. The number of aromatic carboxylic acids is 1. The van der Waals surface area contributed by atoms with Crippen molar-refractivity contribution < 1.29 is 9.90 Å². The van der Waals surface area contributed by atoms with Crippen LogP contribution < -0.4 is 0 Å². The molecule has 0 bridgehead atoms. The number of rotatable bonds is 6. The van der Waals surface area contributed by atoms with E-state index in [4.69, 9.17) is 0 Å². The van der Waals surface area contributed by atoms with Gasteiger partial charge in [-0.15, -0.1) is 11.8 Å². The number of fused-ring (bicyclic) bond motifs is 1. The van der Waals surface area contributed by atoms with Gasteiger partial charge in [-0.05, 0) is 49.5 Å². The molecule has 0 amide bonds. The van der Waals surface area contributed by atoms with Crippen molar-refractivity contribution in [3.05, 3.63) is 22.9 Å². The second-order valence-electron chi connectivity index (χ2n) is 5.01. The molecule has 0 spiro atoms. The van der Waals surface area contributed by atoms with Crippen LogP contribution in [0.3, 0.4) is 0 Å². The van der Waals surface area contributed by atoms with E-state index in [9.17, 15) is 9.90 Å². The molecule has 104 valence electrons. The molecule has 3 nitrogen and oxygen atoms in total. The van der Waals surface area contributed by atoms with Crippen molar-refractivity contribution in [1.82, 2.24) is 4.98 Å². The number of unbranched alkanes of at least 4 members (excludes halogenated alkanes) is 2. The third-order valence-electron chi connectivity index (χ3n) is 3.48. The van der Waals surface area contributed by atoms with Gasteiger partial charge in [0, 0.05) is 5.69 Å². The molecule has 0 saturated heterocycles. The minimum absolute atomic E-state index is 0.391. The van der Waals surface area contributed by atoms with Crippen LogP contribution in [-0.4, -0.2) is 21.8 Å². The minimum Gasteiger partial charge on any atom is -0.478 e. The number of carboxylic acid groups (broad SMARTS) is 1. The molecule has 1 N–H and O–H groups in total. The summed E-state index contributed by atoms with van der Waals surface area (Å²) in [5.74, 6) is 0.110. The fourth-order valence-electron chi connectivity index (χ4n) is 2.40. The van der Waals surface area contributed by atoms with E-state index in [-0.39, 0.29) is 0 Å². The summed E-state index contributed by atoms with van der Waals surface area (Å²) >= 11 is 1.60. The fourth-order valence-corrected chi connectivity index (χ4v) is 3.42. The average molecular weight is 279 g/mol. The maximum atomic E-state index is 11.3. The van der Waals surface area contributed by atoms with Crippen LogP contribution >= 0.6 is 11.8 Å². The Bertz CT molecular complexity index is 460. The van der Waals surface area contributed by atoms with Gasteiger partial charge in [-0.3, -0.25) is 0 Å². The highest BCUT2D eigenvalue weighted by Crippen LogP contribution is 2.28. The Morgan fingerprint density at radius 2 is 2.16 bits per heavy atom. The van der Waals surface area contributed by atoms with E-state index in [1.807, 2.05) is 6.07 Å². The summed E-state index contributed by atoms with van der Waals surface area (Å²) in [5.41, 5.74) is 2.65. The standard InChI is InChI=1S/C15H21NO2S/c1-2-3-6-9-19-14-12(15(17)18)10-11-7-4-5-8-13(11)16-14/h10H,2-9H2,1H3,(H,17,18). The van der Waals surface area contributed by atoms with Crippen LogP contribution in [-0.2, 0) is 12.8 Å². The number of carboxylic acids is 1. The van der Waals surface area contributed by atoms with E-state index in [2.05, 4.69) is 11.9 Å². The van der Waals surface area contributed by atoms with E-state index in [1.165, 1.54) is 19.3 Å². The topological polar surface area (TPSA) is 50.2 Å². The lowest BCUT2D eigenvalue weighted by Crippen LogP contribution is -2.11. The maximum Gasteiger partial charge on any atom is 0.338 e. The van der Waals surface area contributed by atoms with Gasteiger partial charge in [-0.25, -0.2) is 9.78 Å². The molecule has 1 aliphatic carbocycles. The molecule has 0 saturated carbocycles. The Balaban J connectivity index is 2.17. The monoisotopic (exact) mass is 279 g/mol. The van der Waals surface area contributed by atoms with Gasteiger partial charge in [0.2, 0.25) is 0 Å². The van der Waals surface area contributed by atoms with Crippen LogP contribution in [0, 0.1) is 0 Å². The molecular weight excluding hydrogens is 258 g/mol. The Hall–Kier alpha value is -1.03. The van der Waals surface area contributed by atoms with Gasteiger partial charge in [0.05, 0.1) is 5.56 Å². The average Bonchev–Trinajstić information content (AvgIpc) is 2.42. The summed E-state index contributed by atoms with van der Waals surface area (Å²) in [5, 5.41) is 10.0. The molecule has 2 rings (SSSR count). The first-order valence-corrected chi connectivity index (χ1v) is 8.09. The number of pyridine rings is 1. The molecule has 0 fully saturated rings. The van der Waals surface area contributed by atoms with Gasteiger partial charge in [-0.2, -0.15) is 0 Å². The van der Waals surface area contributed by atoms with Gasteiger partial charge in [0.15, 0.2) is 0 Å². The largest absolute Gasteiger partial charge is 0.478 e. The van der Waals surface area contributed by atoms with Gasteiger partial charge < -0.3 is 5.11 Å². The molecule has 1 aromatic heterocycles. The van der Waals surface area contributed by atoms with Crippen LogP contribution in [0.2, 0.25) is 0 Å². The number of hydrogen-bond acceptors (Lipinski definition) is 3. The van der Waals surface area contributed by atoms with Gasteiger partial charge >= 0.3 is 5.97 Å². The highest BCUT2D eigenvalue weighted by Gasteiger charge is 2.18. The third-order valence-corrected chi connectivity index (χ3v) is 4.56. The summed E-state index contributed by atoms with van der Waals surface area (Å²) in [6.07, 6.45) is 7.80. The summed E-state index contributed by atoms with van der Waals surface area (Å²) < 4.78 is 0. The van der Waals surface area contributed by atoms with Crippen molar-refractivity contribution in [2.75, 3.05) is 5.75 Å². The van der Waals surface area contributed by atoms with E-state index in [1.54, 1.807) is 11.8 Å². The quantitative estimate of drug-likeness (QED) is 0.633. The summed E-state index contributed by atoms with van der Waals surface area (Å²) in [4.78, 5) is 16.0. The van der Waals surface area contributed by atoms with Crippen molar-refractivity contribution in [3.8, 4) is 0 Å². The lowest BCUT2D eigenvalue weighted by atomic mass is 9.95. The number of aryl methyl sites for hydroxylation is 2. The predicted molar refractivity (Wildman–Crippen MR) is 78.1 cm³/mol. The molecule has 0 atom stereocenters. The zero-order valence-electron chi connectivity index (χ0n) is 11.4. The lowest BCUT2D eigenvalue weighted by molar-refractivity contribution is 0.0692. The molecular formula is C15H21NO2S. The van der Waals surface area contributed by atoms with E-state index in [0.717, 1.165) is 42.7 Å². The SMILES string of the molecule is CCCCCSc1nc2c(cc1C(=O)O)CCCC2. The third kappa shape index (κ3) is 3.72. The van der Waals surface area contributed by atoms with Gasteiger partial charge in [0.25, 0.3) is 0 Å². The van der Waals surface area contributed by atoms with E-state index >= 15 is 0 Å². The number of hydrogen-bond donors (Lipinski definition) is 1. The molecule has 0 aliphatic heterocycles. The normalized spacial score (nSPS) is 14.2. The number of thioether (sulfide) groups is 1. The Morgan fingerprint density at radius 1 is 1.37 bits per heavy atom. The minimum atomic E-state index is -0.848. The summed E-state index contributed by atoms with van der Waals surface area (Å²) in [6, 6.07) is 1.85. The van der Waals surface area contributed by atoms with Crippen LogP contribution in [0.1, 0.15) is 60.6 Å². The molecule has 1 aromatic rings. The number of aromatic nitrogens is 1. The number of carbonyl (C=O) groups is 1. The first kappa shape index (κ1) is 14.4. The maximum absolute atomic E-state index is 11.3. The Morgan fingerprint density at radius 3 is 2.89 bits per heavy atom. The summed E-state index contributed by atoms with van der Waals surface area (Å²) in [6.45, 7) is 2.17. The first-order chi connectivity index (χ1) is 9.22. The van der Waals surface area contributed by atoms with Crippen LogP contribution in [0.25, 0.3) is 0 Å². The van der Waals surface area contributed by atoms with Crippen LogP contribution in [0.5, 0.6) is 0 Å². The van der Waals surface area contributed by atoms with Crippen molar-refractivity contribution in [1.29, 1.82) is 0 Å². The molecule has 1 aliphatic rings. The predicted octanol–water partition coefficient (Wildman–Crippen LogP) is 3.94. The Kier molecular flexibility index (Phi) is 5.25. The van der Waals surface area contributed by atoms with Crippen molar-refractivity contribution >= 4 is 17.7 Å². The second kappa shape index (κ2) is 6.94. The van der Waals surface area contributed by atoms with E-state index < -0.39 is 5.97 Å². The van der Waals surface area contributed by atoms with E-state index in [0.29, 0.717) is 10.6 Å². The van der Waals surface area contributed by atoms with Crippen molar-refractivity contribution in [2.24, 2.45) is 0 Å². The van der Waals surface area contributed by atoms with Crippen LogP contribution in [0.15, 0.2) is 11.1 Å². The van der Waals surface area contributed by atoms with Gasteiger partial charge in [-0.1, -0.05) is 19.8 Å². The van der Waals surface area contributed by atoms with Crippen molar-refractivity contribution in [2.45, 2.75) is 56.9 Å². The first-order valence-electron chi connectivity index (χ1n) is 7.11. The zero-order valence-corrected chi connectivity index (χ0v) is 12.3. The number of nitrogens with zero attached hydrogens (tertiary/aromatic N) is 1. The molecule has 1 heterocycles. The smallest absolute Gasteiger partial charge is 0.338 e. The summed E-state index contributed by atoms with van der Waals surface area (Å²) in [7, 11) is 0. The molecule has 0 aromatic carbocycles. The second-order valence-corrected chi connectivity index (χ2v) is 6.10. The Labute approximate surface area is 118 Å². The highest BCUT2D eigenvalue weighted by molar-refractivity contribution is 7.99. The van der Waals surface area contributed by atoms with Gasteiger partial charge in [0.1, 0.15) is 5.03 Å². The zero-order chi connectivity index (χ0) is 13.7. The fraction of sp³-hybridized carbons (Fsp3) is 0.600. The molecule has 0 radical (unpaired) electrons. The molecule has 4 heteroatoms.